The molecule has 24 heavy (non-hydrogen) atoms. The van der Waals surface area contributed by atoms with Crippen LogP contribution < -0.4 is 10.6 Å². The molecule has 0 atom stereocenters. The Hall–Kier alpha value is -1.51. The fourth-order valence-corrected chi connectivity index (χ4v) is 5.99. The zero-order chi connectivity index (χ0) is 16.9. The highest BCUT2D eigenvalue weighted by molar-refractivity contribution is 5.91. The SMILES string of the molecule is Cc1cccc(C(C)C)c1NC(=O)NC12CC3CC(CC(C3)C1)C2. The lowest BCUT2D eigenvalue weighted by molar-refractivity contribution is -0.0127. The summed E-state index contributed by atoms with van der Waals surface area (Å²) in [5, 5.41) is 6.60. The van der Waals surface area contributed by atoms with Gasteiger partial charge in [-0.05, 0) is 80.2 Å². The van der Waals surface area contributed by atoms with Gasteiger partial charge in [0.1, 0.15) is 0 Å². The summed E-state index contributed by atoms with van der Waals surface area (Å²) >= 11 is 0. The molecule has 2 amide bonds. The minimum Gasteiger partial charge on any atom is -0.332 e. The Bertz CT molecular complexity index is 614. The number of hydrogen-bond acceptors (Lipinski definition) is 1. The summed E-state index contributed by atoms with van der Waals surface area (Å²) in [5.41, 5.74) is 3.42. The molecule has 130 valence electrons. The summed E-state index contributed by atoms with van der Waals surface area (Å²) in [6.07, 6.45) is 7.78. The van der Waals surface area contributed by atoms with E-state index in [4.69, 9.17) is 0 Å². The summed E-state index contributed by atoms with van der Waals surface area (Å²) in [7, 11) is 0. The normalized spacial score (nSPS) is 33.8. The smallest absolute Gasteiger partial charge is 0.319 e. The first-order valence-electron chi connectivity index (χ1n) is 9.63. The van der Waals surface area contributed by atoms with Crippen LogP contribution in [0.3, 0.4) is 0 Å². The molecule has 3 heteroatoms. The van der Waals surface area contributed by atoms with Gasteiger partial charge in [0.2, 0.25) is 0 Å². The Morgan fingerprint density at radius 1 is 1.08 bits per heavy atom. The highest BCUT2D eigenvalue weighted by atomic mass is 16.2. The first-order valence-corrected chi connectivity index (χ1v) is 9.63. The first-order chi connectivity index (χ1) is 11.4. The lowest BCUT2D eigenvalue weighted by Crippen LogP contribution is -2.60. The Labute approximate surface area is 145 Å². The van der Waals surface area contributed by atoms with E-state index in [2.05, 4.69) is 49.6 Å². The third-order valence-corrected chi connectivity index (χ3v) is 6.58. The molecule has 0 aromatic heterocycles. The third kappa shape index (κ3) is 2.82. The Balaban J connectivity index is 1.50. The van der Waals surface area contributed by atoms with Gasteiger partial charge in [0, 0.05) is 11.2 Å². The van der Waals surface area contributed by atoms with Crippen molar-refractivity contribution in [1.29, 1.82) is 0 Å². The van der Waals surface area contributed by atoms with Crippen molar-refractivity contribution in [2.24, 2.45) is 17.8 Å². The minimum absolute atomic E-state index is 0.00634. The van der Waals surface area contributed by atoms with Crippen LogP contribution in [0.15, 0.2) is 18.2 Å². The lowest BCUT2D eigenvalue weighted by Gasteiger charge is -2.56. The Morgan fingerprint density at radius 2 is 1.67 bits per heavy atom. The molecule has 4 aliphatic rings. The molecule has 3 nitrogen and oxygen atoms in total. The molecule has 0 spiro atoms. The summed E-state index contributed by atoms with van der Waals surface area (Å²) in [5.74, 6) is 2.95. The average Bonchev–Trinajstić information content (AvgIpc) is 2.47. The van der Waals surface area contributed by atoms with Crippen LogP contribution in [-0.2, 0) is 0 Å². The Morgan fingerprint density at radius 3 is 2.21 bits per heavy atom. The molecule has 2 N–H and O–H groups in total. The molecule has 4 bridgehead atoms. The molecule has 0 aliphatic heterocycles. The molecule has 4 aliphatic carbocycles. The Kier molecular flexibility index (Phi) is 3.85. The predicted molar refractivity (Wildman–Crippen MR) is 98.3 cm³/mol. The van der Waals surface area contributed by atoms with Crippen molar-refractivity contribution < 1.29 is 4.79 Å². The number of amides is 2. The fraction of sp³-hybridized carbons (Fsp3) is 0.667. The van der Waals surface area contributed by atoms with Gasteiger partial charge in [-0.1, -0.05) is 32.0 Å². The van der Waals surface area contributed by atoms with E-state index >= 15 is 0 Å². The lowest BCUT2D eigenvalue weighted by atomic mass is 9.53. The second-order valence-corrected chi connectivity index (χ2v) is 8.97. The number of benzene rings is 1. The van der Waals surface area contributed by atoms with Gasteiger partial charge in [-0.2, -0.15) is 0 Å². The van der Waals surface area contributed by atoms with Gasteiger partial charge in [-0.15, -0.1) is 0 Å². The summed E-state index contributed by atoms with van der Waals surface area (Å²) < 4.78 is 0. The average molecular weight is 326 g/mol. The molecule has 5 rings (SSSR count). The summed E-state index contributed by atoms with van der Waals surface area (Å²) in [4.78, 5) is 12.8. The van der Waals surface area contributed by atoms with Crippen molar-refractivity contribution in [1.82, 2.24) is 5.32 Å². The minimum atomic E-state index is -0.00634. The van der Waals surface area contributed by atoms with Crippen LogP contribution in [0, 0.1) is 24.7 Å². The highest BCUT2D eigenvalue weighted by Crippen LogP contribution is 2.55. The quantitative estimate of drug-likeness (QED) is 0.786. The second kappa shape index (κ2) is 5.79. The van der Waals surface area contributed by atoms with Gasteiger partial charge in [0.05, 0.1) is 0 Å². The zero-order valence-corrected chi connectivity index (χ0v) is 15.2. The molecule has 1 aromatic rings. The molecule has 1 aromatic carbocycles. The maximum atomic E-state index is 12.8. The molecule has 0 radical (unpaired) electrons. The van der Waals surface area contributed by atoms with Crippen LogP contribution >= 0.6 is 0 Å². The third-order valence-electron chi connectivity index (χ3n) is 6.58. The van der Waals surface area contributed by atoms with E-state index < -0.39 is 0 Å². The topological polar surface area (TPSA) is 41.1 Å². The van der Waals surface area contributed by atoms with Crippen LogP contribution in [0.4, 0.5) is 10.5 Å². The zero-order valence-electron chi connectivity index (χ0n) is 15.2. The fourth-order valence-electron chi connectivity index (χ4n) is 5.99. The number of para-hydroxylation sites is 1. The standard InChI is InChI=1S/C21H30N2O/c1-13(2)18-6-4-5-14(3)19(18)22-20(24)23-21-10-15-7-16(11-21)9-17(8-15)12-21/h4-6,13,15-17H,7-12H2,1-3H3,(H2,22,23,24). The molecular weight excluding hydrogens is 296 g/mol. The number of anilines is 1. The highest BCUT2D eigenvalue weighted by Gasteiger charge is 2.51. The van der Waals surface area contributed by atoms with Crippen molar-refractivity contribution in [3.63, 3.8) is 0 Å². The van der Waals surface area contributed by atoms with Gasteiger partial charge < -0.3 is 10.6 Å². The second-order valence-electron chi connectivity index (χ2n) is 8.97. The first kappa shape index (κ1) is 16.0. The number of carbonyl (C=O) groups is 1. The largest absolute Gasteiger partial charge is 0.332 e. The van der Waals surface area contributed by atoms with E-state index in [-0.39, 0.29) is 11.6 Å². The summed E-state index contributed by atoms with van der Waals surface area (Å²) in [6.45, 7) is 6.43. The van der Waals surface area contributed by atoms with Crippen LogP contribution in [-0.4, -0.2) is 11.6 Å². The van der Waals surface area contributed by atoms with Crippen LogP contribution in [0.2, 0.25) is 0 Å². The maximum absolute atomic E-state index is 12.8. The molecule has 0 unspecified atom stereocenters. The van der Waals surface area contributed by atoms with Crippen molar-refractivity contribution >= 4 is 11.7 Å². The summed E-state index contributed by atoms with van der Waals surface area (Å²) in [6, 6.07) is 6.27. The molecule has 4 fully saturated rings. The van der Waals surface area contributed by atoms with E-state index in [0.29, 0.717) is 5.92 Å². The van der Waals surface area contributed by atoms with Crippen LogP contribution in [0.25, 0.3) is 0 Å². The van der Waals surface area contributed by atoms with Gasteiger partial charge >= 0.3 is 6.03 Å². The van der Waals surface area contributed by atoms with Gasteiger partial charge in [-0.3, -0.25) is 0 Å². The maximum Gasteiger partial charge on any atom is 0.319 e. The van der Waals surface area contributed by atoms with Gasteiger partial charge in [-0.25, -0.2) is 4.79 Å². The van der Waals surface area contributed by atoms with E-state index in [1.165, 1.54) is 44.1 Å². The molecular formula is C21H30N2O. The monoisotopic (exact) mass is 326 g/mol. The number of aryl methyl sites for hydroxylation is 1. The number of hydrogen-bond donors (Lipinski definition) is 2. The van der Waals surface area contributed by atoms with Gasteiger partial charge in [0.25, 0.3) is 0 Å². The van der Waals surface area contributed by atoms with Crippen LogP contribution in [0.5, 0.6) is 0 Å². The van der Waals surface area contributed by atoms with Gasteiger partial charge in [0.15, 0.2) is 0 Å². The van der Waals surface area contributed by atoms with E-state index in [0.717, 1.165) is 29.0 Å². The van der Waals surface area contributed by atoms with E-state index in [1.54, 1.807) is 0 Å². The molecule has 0 heterocycles. The van der Waals surface area contributed by atoms with Crippen molar-refractivity contribution in [3.05, 3.63) is 29.3 Å². The molecule has 0 saturated heterocycles. The van der Waals surface area contributed by atoms with E-state index in [9.17, 15) is 4.79 Å². The van der Waals surface area contributed by atoms with Crippen molar-refractivity contribution in [2.45, 2.75) is 70.8 Å². The van der Waals surface area contributed by atoms with E-state index in [1.807, 2.05) is 0 Å². The van der Waals surface area contributed by atoms with Crippen molar-refractivity contribution in [3.8, 4) is 0 Å². The van der Waals surface area contributed by atoms with Crippen LogP contribution in [0.1, 0.15) is 69.4 Å². The number of nitrogens with one attached hydrogen (secondary N) is 2. The number of rotatable bonds is 3. The number of carbonyl (C=O) groups excluding carboxylic acids is 1. The van der Waals surface area contributed by atoms with Crippen molar-refractivity contribution in [2.75, 3.05) is 5.32 Å². The molecule has 4 saturated carbocycles. The predicted octanol–water partition coefficient (Wildman–Crippen LogP) is 5.21. The number of urea groups is 1.